The van der Waals surface area contributed by atoms with Gasteiger partial charge < -0.3 is 29.6 Å². The van der Waals surface area contributed by atoms with Gasteiger partial charge in [-0.1, -0.05) is 84.6 Å². The number of carboxylic acid groups (broad SMARTS) is 1. The highest BCUT2D eigenvalue weighted by Crippen LogP contribution is 2.40. The van der Waals surface area contributed by atoms with E-state index in [1.54, 1.807) is 18.0 Å². The van der Waals surface area contributed by atoms with Crippen molar-refractivity contribution in [3.8, 4) is 11.1 Å². The second-order valence-electron chi connectivity index (χ2n) is 10.8. The molecule has 1 aromatic heterocycles. The molecule has 1 aliphatic rings. The van der Waals surface area contributed by atoms with Gasteiger partial charge in [0.2, 0.25) is 5.91 Å². The molecule has 3 atom stereocenters. The zero-order chi connectivity index (χ0) is 30.9. The molecule has 1 amide bonds. The summed E-state index contributed by atoms with van der Waals surface area (Å²) in [4.78, 5) is 27.4. The molecule has 1 fully saturated rings. The Hall–Kier alpha value is -3.96. The second-order valence-corrected chi connectivity index (χ2v) is 11.8. The Morgan fingerprint density at radius 3 is 2.45 bits per heavy atom. The van der Waals surface area contributed by atoms with Gasteiger partial charge in [-0.2, -0.15) is 0 Å². The molecule has 0 radical (unpaired) electrons. The van der Waals surface area contributed by atoms with Gasteiger partial charge in [0.15, 0.2) is 11.4 Å². The van der Waals surface area contributed by atoms with E-state index in [-0.39, 0.29) is 37.6 Å². The first kappa shape index (κ1) is 31.5. The highest BCUT2D eigenvalue weighted by Gasteiger charge is 2.32. The number of ether oxygens (including phenoxy) is 2. The molecular weight excluding hydrogens is 578 g/mol. The number of aliphatic hydroxyl groups excluding tert-OH is 1. The molecule has 5 rings (SSSR count). The minimum Gasteiger partial charge on any atom is -0.481 e. The Kier molecular flexibility index (Phi) is 10.8. The molecule has 3 aromatic carbocycles. The zero-order valence-electron chi connectivity index (χ0n) is 24.6. The van der Waals surface area contributed by atoms with Crippen molar-refractivity contribution in [3.05, 3.63) is 107 Å². The van der Waals surface area contributed by atoms with Gasteiger partial charge in [-0.25, -0.2) is 4.98 Å². The average molecular weight is 616 g/mol. The molecule has 10 heteroatoms. The molecule has 230 valence electrons. The summed E-state index contributed by atoms with van der Waals surface area (Å²) in [6.07, 6.45) is 4.07. The molecule has 3 N–H and O–H groups in total. The maximum absolute atomic E-state index is 12.2. The van der Waals surface area contributed by atoms with Crippen molar-refractivity contribution in [1.82, 2.24) is 14.9 Å². The molecule has 0 aliphatic carbocycles. The van der Waals surface area contributed by atoms with Gasteiger partial charge >= 0.3 is 5.97 Å². The van der Waals surface area contributed by atoms with E-state index in [2.05, 4.69) is 10.3 Å². The highest BCUT2D eigenvalue weighted by atomic mass is 32.2. The summed E-state index contributed by atoms with van der Waals surface area (Å²) in [5, 5.41) is 22.1. The topological polar surface area (TPSA) is 123 Å². The number of hydrogen-bond acceptors (Lipinski definition) is 7. The fraction of sp³-hybridized carbons (Fsp3) is 0.324. The van der Waals surface area contributed by atoms with Crippen molar-refractivity contribution in [2.75, 3.05) is 5.75 Å². The van der Waals surface area contributed by atoms with Crippen molar-refractivity contribution in [2.24, 2.45) is 7.05 Å². The number of amides is 1. The van der Waals surface area contributed by atoms with Crippen molar-refractivity contribution in [1.29, 1.82) is 0 Å². The molecule has 1 saturated heterocycles. The number of nitrogens with one attached hydrogen (secondary N) is 1. The van der Waals surface area contributed by atoms with E-state index in [1.165, 1.54) is 0 Å². The van der Waals surface area contributed by atoms with Gasteiger partial charge in [0.25, 0.3) is 0 Å². The quantitative estimate of drug-likeness (QED) is 0.162. The predicted molar refractivity (Wildman–Crippen MR) is 168 cm³/mol. The molecule has 0 spiro atoms. The number of carbonyl (C=O) groups excluding carboxylic acids is 1. The Bertz CT molecular complexity index is 1540. The van der Waals surface area contributed by atoms with E-state index in [4.69, 9.17) is 14.6 Å². The number of aliphatic carboxylic acids is 1. The molecule has 9 nitrogen and oxygen atoms in total. The molecule has 2 heterocycles. The summed E-state index contributed by atoms with van der Waals surface area (Å²) in [6.45, 7) is 0.347. The fourth-order valence-corrected chi connectivity index (χ4v) is 6.09. The molecular formula is C34H37N3O6S. The molecule has 0 saturated carbocycles. The van der Waals surface area contributed by atoms with Gasteiger partial charge in [-0.15, -0.1) is 0 Å². The van der Waals surface area contributed by atoms with E-state index < -0.39 is 12.3 Å². The van der Waals surface area contributed by atoms with E-state index in [0.29, 0.717) is 19.4 Å². The van der Waals surface area contributed by atoms with Crippen LogP contribution in [0.1, 0.15) is 60.3 Å². The third-order valence-electron chi connectivity index (χ3n) is 7.57. The van der Waals surface area contributed by atoms with Crippen LogP contribution in [0, 0.1) is 0 Å². The van der Waals surface area contributed by atoms with Crippen LogP contribution in [0.2, 0.25) is 0 Å². The van der Waals surface area contributed by atoms with Gasteiger partial charge in [0.1, 0.15) is 0 Å². The number of aliphatic hydroxyl groups is 1. The normalized spacial score (nSPS) is 18.2. The average Bonchev–Trinajstić information content (AvgIpc) is 3.47. The van der Waals surface area contributed by atoms with Crippen LogP contribution in [0.15, 0.2) is 90.3 Å². The number of rotatable bonds is 13. The molecule has 0 bridgehead atoms. The first-order chi connectivity index (χ1) is 21.4. The standard InChI is InChI=1S/C34H37N3O6S/c1-37-18-17-35-34(37)44-22-28-19-30(25-11-9-23(21-38)10-12-25)43-33(42-28)26-15-13-24(14-16-26)29-6-3-2-5-27(29)20-36-31(39)7-4-8-32(40)41/h2-3,5-6,9-18,28,30,33,38H,4,7-8,19-22H2,1H3,(H,36,39)(H,40,41). The summed E-state index contributed by atoms with van der Waals surface area (Å²) in [5.41, 5.74) is 5.77. The largest absolute Gasteiger partial charge is 0.481 e. The van der Waals surface area contributed by atoms with Gasteiger partial charge in [-0.05, 0) is 34.2 Å². The Morgan fingerprint density at radius 2 is 1.75 bits per heavy atom. The number of thioether (sulfide) groups is 1. The number of aromatic nitrogens is 2. The van der Waals surface area contributed by atoms with Crippen molar-refractivity contribution in [3.63, 3.8) is 0 Å². The number of benzene rings is 3. The predicted octanol–water partition coefficient (Wildman–Crippen LogP) is 5.79. The van der Waals surface area contributed by atoms with Crippen LogP contribution in [0.5, 0.6) is 0 Å². The Balaban J connectivity index is 1.29. The maximum Gasteiger partial charge on any atom is 0.303 e. The van der Waals surface area contributed by atoms with Crippen molar-refractivity contribution >= 4 is 23.6 Å². The van der Waals surface area contributed by atoms with Crippen LogP contribution >= 0.6 is 11.8 Å². The van der Waals surface area contributed by atoms with Crippen LogP contribution in [-0.4, -0.2) is 43.5 Å². The summed E-state index contributed by atoms with van der Waals surface area (Å²) in [5.74, 6) is -0.343. The zero-order valence-corrected chi connectivity index (χ0v) is 25.4. The Labute approximate surface area is 261 Å². The number of carbonyl (C=O) groups is 2. The molecule has 1 aliphatic heterocycles. The number of nitrogens with zero attached hydrogens (tertiary/aromatic N) is 2. The van der Waals surface area contributed by atoms with E-state index >= 15 is 0 Å². The minimum absolute atomic E-state index is 0.00485. The van der Waals surface area contributed by atoms with E-state index in [1.807, 2.05) is 90.6 Å². The van der Waals surface area contributed by atoms with Crippen molar-refractivity contribution in [2.45, 2.75) is 62.5 Å². The lowest BCUT2D eigenvalue weighted by Gasteiger charge is -2.36. The summed E-state index contributed by atoms with van der Waals surface area (Å²) in [6, 6.07) is 23.9. The van der Waals surface area contributed by atoms with Gasteiger partial charge in [0.05, 0.1) is 18.8 Å². The van der Waals surface area contributed by atoms with Crippen molar-refractivity contribution < 1.29 is 29.3 Å². The van der Waals surface area contributed by atoms with Crippen LogP contribution in [0.25, 0.3) is 11.1 Å². The summed E-state index contributed by atoms with van der Waals surface area (Å²) < 4.78 is 15.0. The third kappa shape index (κ3) is 8.35. The SMILES string of the molecule is Cn1ccnc1SCC1CC(c2ccc(CO)cc2)OC(c2ccc(-c3ccccc3CNC(=O)CCCC(=O)O)cc2)O1. The Morgan fingerprint density at radius 1 is 1.00 bits per heavy atom. The lowest BCUT2D eigenvalue weighted by Crippen LogP contribution is -2.31. The second kappa shape index (κ2) is 15.2. The molecule has 44 heavy (non-hydrogen) atoms. The lowest BCUT2D eigenvalue weighted by atomic mass is 9.97. The molecule has 3 unspecified atom stereocenters. The highest BCUT2D eigenvalue weighted by molar-refractivity contribution is 7.99. The first-order valence-corrected chi connectivity index (χ1v) is 15.7. The smallest absolute Gasteiger partial charge is 0.303 e. The monoisotopic (exact) mass is 615 g/mol. The summed E-state index contributed by atoms with van der Waals surface area (Å²) in [7, 11) is 1.98. The fourth-order valence-electron chi connectivity index (χ4n) is 5.14. The number of imidazole rings is 1. The minimum atomic E-state index is -0.901. The van der Waals surface area contributed by atoms with Crippen LogP contribution in [0.4, 0.5) is 0 Å². The number of carboxylic acids is 1. The van der Waals surface area contributed by atoms with Gasteiger partial charge in [-0.3, -0.25) is 9.59 Å². The van der Waals surface area contributed by atoms with E-state index in [9.17, 15) is 14.7 Å². The summed E-state index contributed by atoms with van der Waals surface area (Å²) >= 11 is 1.66. The number of aryl methyl sites for hydroxylation is 1. The third-order valence-corrected chi connectivity index (χ3v) is 8.76. The maximum atomic E-state index is 12.2. The lowest BCUT2D eigenvalue weighted by molar-refractivity contribution is -0.245. The van der Waals surface area contributed by atoms with Gasteiger partial charge in [0, 0.05) is 56.6 Å². The number of hydrogen-bond donors (Lipinski definition) is 3. The van der Waals surface area contributed by atoms with Crippen LogP contribution < -0.4 is 5.32 Å². The first-order valence-electron chi connectivity index (χ1n) is 14.7. The van der Waals surface area contributed by atoms with Crippen LogP contribution in [0.3, 0.4) is 0 Å². The molecule has 4 aromatic rings. The van der Waals surface area contributed by atoms with E-state index in [0.717, 1.165) is 44.3 Å². The van der Waals surface area contributed by atoms with Crippen LogP contribution in [-0.2, 0) is 39.3 Å².